The monoisotopic (exact) mass is 206 g/mol. The first kappa shape index (κ1) is 13.3. The normalized spacial score (nSPS) is 13.8. The molecule has 0 saturated carbocycles. The van der Waals surface area contributed by atoms with Gasteiger partial charge in [0.15, 0.2) is 0 Å². The lowest BCUT2D eigenvalue weighted by Gasteiger charge is -2.31. The van der Waals surface area contributed by atoms with E-state index in [1.165, 1.54) is 7.05 Å². The van der Waals surface area contributed by atoms with Gasteiger partial charge >= 0.3 is 0 Å². The Balaban J connectivity index is 4.36. The molecule has 0 spiro atoms. The predicted molar refractivity (Wildman–Crippen MR) is 50.7 cm³/mol. The van der Waals surface area contributed by atoms with Gasteiger partial charge in [-0.2, -0.15) is 0 Å². The first-order valence-corrected chi connectivity index (χ1v) is 4.37. The Bertz CT molecular complexity index is 174. The van der Waals surface area contributed by atoms with Crippen molar-refractivity contribution in [3.8, 4) is 0 Å². The van der Waals surface area contributed by atoms with Gasteiger partial charge in [-0.1, -0.05) is 0 Å². The quantitative estimate of drug-likeness (QED) is 0.329. The maximum absolute atomic E-state index is 11.1. The van der Waals surface area contributed by atoms with Gasteiger partial charge < -0.3 is 20.6 Å². The largest absolute Gasteiger partial charge is 0.394 e. The molecule has 0 bridgehead atoms. The number of carbonyl (C=O) groups excluding carboxylic acids is 1. The first-order valence-electron chi connectivity index (χ1n) is 4.37. The fourth-order valence-corrected chi connectivity index (χ4v) is 1.03. The molecule has 0 fully saturated rings. The van der Waals surface area contributed by atoms with Crippen LogP contribution >= 0.6 is 0 Å². The van der Waals surface area contributed by atoms with Crippen LogP contribution in [0.2, 0.25) is 0 Å². The first-order chi connectivity index (χ1) is 6.55. The number of aliphatic hydroxyl groups excluding tert-OH is 3. The zero-order chi connectivity index (χ0) is 11.2. The molecule has 1 atom stereocenters. The molecule has 84 valence electrons. The van der Waals surface area contributed by atoms with Crippen LogP contribution in [0.5, 0.6) is 0 Å². The van der Waals surface area contributed by atoms with Crippen molar-refractivity contribution in [1.82, 2.24) is 10.6 Å². The molecule has 1 amide bonds. The van der Waals surface area contributed by atoms with E-state index < -0.39 is 31.4 Å². The van der Waals surface area contributed by atoms with Crippen LogP contribution in [0.15, 0.2) is 0 Å². The third-order valence-corrected chi connectivity index (χ3v) is 2.07. The van der Waals surface area contributed by atoms with E-state index in [0.717, 1.165) is 0 Å². The Kier molecular flexibility index (Phi) is 5.63. The maximum Gasteiger partial charge on any atom is 0.236 e. The van der Waals surface area contributed by atoms with Gasteiger partial charge in [0, 0.05) is 7.05 Å². The Morgan fingerprint density at radius 1 is 1.29 bits per heavy atom. The Morgan fingerprint density at radius 3 is 2.00 bits per heavy atom. The molecule has 0 rings (SSSR count). The van der Waals surface area contributed by atoms with Crippen LogP contribution in [0.3, 0.4) is 0 Å². The second-order valence-electron chi connectivity index (χ2n) is 3.23. The van der Waals surface area contributed by atoms with Crippen LogP contribution < -0.4 is 10.6 Å². The molecular formula is C8H18N2O4. The molecule has 1 unspecified atom stereocenters. The predicted octanol–water partition coefficient (Wildman–Crippen LogP) is -2.57. The number of likely N-dealkylation sites (N-methyl/N-ethyl adjacent to an activating group) is 1. The van der Waals surface area contributed by atoms with Gasteiger partial charge in [0.2, 0.25) is 5.91 Å². The van der Waals surface area contributed by atoms with Crippen molar-refractivity contribution in [2.45, 2.75) is 18.5 Å². The summed E-state index contributed by atoms with van der Waals surface area (Å²) in [4.78, 5) is 11.1. The molecule has 14 heavy (non-hydrogen) atoms. The van der Waals surface area contributed by atoms with Crippen molar-refractivity contribution in [3.63, 3.8) is 0 Å². The van der Waals surface area contributed by atoms with Gasteiger partial charge in [0.25, 0.3) is 0 Å². The Labute approximate surface area is 82.9 Å². The zero-order valence-electron chi connectivity index (χ0n) is 8.45. The minimum absolute atomic E-state index is 0.273. The van der Waals surface area contributed by atoms with Crippen molar-refractivity contribution in [2.24, 2.45) is 0 Å². The number of rotatable bonds is 6. The van der Waals surface area contributed by atoms with Crippen LogP contribution in [0.4, 0.5) is 0 Å². The molecule has 6 nitrogen and oxygen atoms in total. The lowest BCUT2D eigenvalue weighted by atomic mass is 10.0. The molecule has 0 aliphatic heterocycles. The van der Waals surface area contributed by atoms with E-state index in [1.54, 1.807) is 6.92 Å². The third-order valence-electron chi connectivity index (χ3n) is 2.07. The molecular weight excluding hydrogens is 188 g/mol. The fraction of sp³-hybridized carbons (Fsp3) is 0.875. The van der Waals surface area contributed by atoms with Crippen molar-refractivity contribution in [3.05, 3.63) is 0 Å². The van der Waals surface area contributed by atoms with E-state index in [4.69, 9.17) is 15.3 Å². The summed E-state index contributed by atoms with van der Waals surface area (Å²) in [6, 6.07) is -0.591. The minimum atomic E-state index is -1.22. The smallest absolute Gasteiger partial charge is 0.236 e. The number of amides is 1. The summed E-state index contributed by atoms with van der Waals surface area (Å²) < 4.78 is 0. The molecule has 6 heteroatoms. The number of aliphatic hydroxyl groups is 3. The number of hydrogen-bond acceptors (Lipinski definition) is 5. The lowest BCUT2D eigenvalue weighted by molar-refractivity contribution is -0.123. The highest BCUT2D eigenvalue weighted by molar-refractivity contribution is 5.81. The van der Waals surface area contributed by atoms with Gasteiger partial charge in [-0.3, -0.25) is 10.1 Å². The second kappa shape index (κ2) is 5.92. The van der Waals surface area contributed by atoms with Crippen LogP contribution in [0.1, 0.15) is 6.92 Å². The summed E-state index contributed by atoms with van der Waals surface area (Å²) in [5, 5.41) is 32.0. The number of hydrogen-bond donors (Lipinski definition) is 5. The summed E-state index contributed by atoms with van der Waals surface area (Å²) in [5.41, 5.74) is -1.22. The maximum atomic E-state index is 11.1. The van der Waals surface area contributed by atoms with Crippen molar-refractivity contribution in [1.29, 1.82) is 0 Å². The topological polar surface area (TPSA) is 102 Å². The molecule has 5 N–H and O–H groups in total. The summed E-state index contributed by atoms with van der Waals surface area (Å²) in [5.74, 6) is -0.273. The van der Waals surface area contributed by atoms with Gasteiger partial charge in [0.1, 0.15) is 0 Å². The highest BCUT2D eigenvalue weighted by Crippen LogP contribution is 2.03. The molecule has 0 aromatic carbocycles. The molecule has 0 aromatic heterocycles. The molecule has 0 aromatic rings. The molecule has 0 heterocycles. The average molecular weight is 206 g/mol. The Hall–Kier alpha value is -0.690. The van der Waals surface area contributed by atoms with Gasteiger partial charge in [-0.05, 0) is 6.92 Å². The van der Waals surface area contributed by atoms with Gasteiger partial charge in [-0.15, -0.1) is 0 Å². The van der Waals surface area contributed by atoms with Crippen molar-refractivity contribution >= 4 is 5.91 Å². The van der Waals surface area contributed by atoms with Crippen LogP contribution in [0.25, 0.3) is 0 Å². The van der Waals surface area contributed by atoms with E-state index in [9.17, 15) is 4.79 Å². The summed E-state index contributed by atoms with van der Waals surface area (Å²) in [6.45, 7) is 0.249. The standard InChI is InChI=1S/C8H18N2O4/c1-6(7(14)9-2)10-8(3-11,4-12)5-13/h6,10-13H,3-5H2,1-2H3,(H,9,14). The molecule has 0 radical (unpaired) electrons. The van der Waals surface area contributed by atoms with Crippen LogP contribution in [-0.2, 0) is 4.79 Å². The molecule has 0 saturated heterocycles. The van der Waals surface area contributed by atoms with E-state index in [-0.39, 0.29) is 5.91 Å². The minimum Gasteiger partial charge on any atom is -0.394 e. The number of nitrogens with one attached hydrogen (secondary N) is 2. The zero-order valence-corrected chi connectivity index (χ0v) is 8.45. The lowest BCUT2D eigenvalue weighted by Crippen LogP contribution is -2.60. The highest BCUT2D eigenvalue weighted by atomic mass is 16.3. The fourth-order valence-electron chi connectivity index (χ4n) is 1.03. The van der Waals surface area contributed by atoms with Crippen LogP contribution in [0, 0.1) is 0 Å². The summed E-state index contributed by atoms with van der Waals surface area (Å²) in [7, 11) is 1.49. The summed E-state index contributed by atoms with van der Waals surface area (Å²) >= 11 is 0. The third kappa shape index (κ3) is 3.22. The Morgan fingerprint density at radius 2 is 1.71 bits per heavy atom. The van der Waals surface area contributed by atoms with Gasteiger partial charge in [-0.25, -0.2) is 0 Å². The van der Waals surface area contributed by atoms with Crippen molar-refractivity contribution in [2.75, 3.05) is 26.9 Å². The SMILES string of the molecule is CNC(=O)C(C)NC(CO)(CO)CO. The van der Waals surface area contributed by atoms with E-state index in [0.29, 0.717) is 0 Å². The molecule has 0 aliphatic rings. The van der Waals surface area contributed by atoms with Gasteiger partial charge in [0.05, 0.1) is 31.4 Å². The number of carbonyl (C=O) groups is 1. The highest BCUT2D eigenvalue weighted by Gasteiger charge is 2.31. The van der Waals surface area contributed by atoms with Crippen LogP contribution in [-0.4, -0.2) is 59.7 Å². The van der Waals surface area contributed by atoms with E-state index in [1.807, 2.05) is 0 Å². The van der Waals surface area contributed by atoms with E-state index >= 15 is 0 Å². The average Bonchev–Trinajstić information content (AvgIpc) is 2.24. The second-order valence-corrected chi connectivity index (χ2v) is 3.23. The molecule has 0 aliphatic carbocycles. The summed E-state index contributed by atoms with van der Waals surface area (Å²) in [6.07, 6.45) is 0. The van der Waals surface area contributed by atoms with E-state index in [2.05, 4.69) is 10.6 Å². The van der Waals surface area contributed by atoms with Crippen molar-refractivity contribution < 1.29 is 20.1 Å².